The van der Waals surface area contributed by atoms with Gasteiger partial charge in [0, 0.05) is 17.6 Å². The molecule has 0 aliphatic heterocycles. The van der Waals surface area contributed by atoms with E-state index in [1.54, 1.807) is 0 Å². The maximum absolute atomic E-state index is 14.1. The highest BCUT2D eigenvalue weighted by Gasteiger charge is 2.25. The van der Waals surface area contributed by atoms with Gasteiger partial charge in [-0.15, -0.1) is 0 Å². The number of hydrogen-bond acceptors (Lipinski definition) is 8. The topological polar surface area (TPSA) is 102 Å². The van der Waals surface area contributed by atoms with Crippen molar-refractivity contribution in [1.29, 1.82) is 0 Å². The highest BCUT2D eigenvalue weighted by atomic mass is 32.1. The predicted octanol–water partition coefficient (Wildman–Crippen LogP) is 4.29. The maximum Gasteiger partial charge on any atom is 0.277 e. The average molecular weight is 466 g/mol. The largest absolute Gasteiger partial charge is 0.478 e. The van der Waals surface area contributed by atoms with Gasteiger partial charge in [-0.25, -0.2) is 13.8 Å². The van der Waals surface area contributed by atoms with Gasteiger partial charge in [0.15, 0.2) is 5.69 Å². The molecule has 0 bridgehead atoms. The number of aromatic nitrogens is 2. The van der Waals surface area contributed by atoms with Crippen molar-refractivity contribution >= 4 is 39.5 Å². The van der Waals surface area contributed by atoms with Gasteiger partial charge in [-0.2, -0.15) is 4.37 Å². The highest BCUT2D eigenvalue weighted by Crippen LogP contribution is 2.36. The molecule has 164 valence electrons. The number of benzene rings is 1. The predicted molar refractivity (Wildman–Crippen MR) is 118 cm³/mol. The molecule has 7 nitrogen and oxygen atoms in total. The first-order valence-electron chi connectivity index (χ1n) is 9.77. The van der Waals surface area contributed by atoms with Crippen molar-refractivity contribution < 1.29 is 18.3 Å². The fourth-order valence-electron chi connectivity index (χ4n) is 3.50. The summed E-state index contributed by atoms with van der Waals surface area (Å²) in [5.41, 5.74) is 5.92. The standard InChI is InChI=1S/C20H21F2N5O2S2/c1-24-10-5-7-11(8-6-10)29-20-14(9-25-31-20)26-18(28)16-17(23)30-19(27-16)15-12(21)3-2-4-13(15)22/h2-4,9-11,24H,5-8,23H2,1H3,(H,26,28). The Bertz CT molecular complexity index is 1060. The van der Waals surface area contributed by atoms with E-state index in [0.717, 1.165) is 60.7 Å². The van der Waals surface area contributed by atoms with Crippen LogP contribution in [-0.2, 0) is 0 Å². The molecule has 2 aromatic heterocycles. The normalized spacial score (nSPS) is 18.7. The second-order valence-corrected chi connectivity index (χ2v) is 8.98. The summed E-state index contributed by atoms with van der Waals surface area (Å²) in [5.74, 6) is -2.14. The number of nitrogen functional groups attached to an aromatic ring is 1. The van der Waals surface area contributed by atoms with Gasteiger partial charge >= 0.3 is 0 Å². The molecule has 1 saturated carbocycles. The summed E-state index contributed by atoms with van der Waals surface area (Å²) < 4.78 is 38.3. The van der Waals surface area contributed by atoms with Gasteiger partial charge in [0.2, 0.25) is 5.06 Å². The molecule has 31 heavy (non-hydrogen) atoms. The van der Waals surface area contributed by atoms with Gasteiger partial charge in [-0.1, -0.05) is 17.4 Å². The lowest BCUT2D eigenvalue weighted by Crippen LogP contribution is -2.34. The number of nitrogens with one attached hydrogen (secondary N) is 2. The van der Waals surface area contributed by atoms with E-state index in [2.05, 4.69) is 20.0 Å². The lowest BCUT2D eigenvalue weighted by Gasteiger charge is -2.28. The number of nitrogens with zero attached hydrogens (tertiary/aromatic N) is 2. The smallest absolute Gasteiger partial charge is 0.277 e. The molecule has 0 unspecified atom stereocenters. The number of rotatable bonds is 6. The van der Waals surface area contributed by atoms with Gasteiger partial charge in [-0.3, -0.25) is 4.79 Å². The third-order valence-corrected chi connectivity index (χ3v) is 6.78. The van der Waals surface area contributed by atoms with Crippen LogP contribution in [0.2, 0.25) is 0 Å². The third-order valence-electron chi connectivity index (χ3n) is 5.19. The number of ether oxygens (including phenoxy) is 1. The van der Waals surface area contributed by atoms with Crippen molar-refractivity contribution in [3.05, 3.63) is 41.7 Å². The lowest BCUT2D eigenvalue weighted by molar-refractivity contribution is 0.102. The molecular weight excluding hydrogens is 444 g/mol. The molecule has 4 rings (SSSR count). The van der Waals surface area contributed by atoms with Crippen LogP contribution in [0.25, 0.3) is 10.6 Å². The van der Waals surface area contributed by atoms with E-state index in [4.69, 9.17) is 10.5 Å². The second-order valence-electron chi connectivity index (χ2n) is 7.19. The summed E-state index contributed by atoms with van der Waals surface area (Å²) in [5, 5.41) is 6.55. The minimum absolute atomic E-state index is 0.000500. The molecule has 1 aliphatic rings. The SMILES string of the molecule is CNC1CCC(Oc2sncc2NC(=O)c2nc(-c3c(F)cccc3F)sc2N)CC1. The van der Waals surface area contributed by atoms with Crippen LogP contribution >= 0.6 is 22.9 Å². The van der Waals surface area contributed by atoms with Gasteiger partial charge in [-0.05, 0) is 44.9 Å². The summed E-state index contributed by atoms with van der Waals surface area (Å²) in [6.07, 6.45) is 5.41. The minimum Gasteiger partial charge on any atom is -0.478 e. The van der Waals surface area contributed by atoms with Crippen molar-refractivity contribution in [2.24, 2.45) is 0 Å². The number of anilines is 2. The average Bonchev–Trinajstić information content (AvgIpc) is 3.34. The number of amides is 1. The molecule has 3 aromatic rings. The Morgan fingerprint density at radius 1 is 1.23 bits per heavy atom. The van der Waals surface area contributed by atoms with Crippen LogP contribution in [0, 0.1) is 11.6 Å². The zero-order valence-corrected chi connectivity index (χ0v) is 18.3. The van der Waals surface area contributed by atoms with Crippen molar-refractivity contribution in [2.75, 3.05) is 18.1 Å². The van der Waals surface area contributed by atoms with E-state index in [1.807, 2.05) is 7.05 Å². The molecule has 1 aliphatic carbocycles. The minimum atomic E-state index is -0.772. The van der Waals surface area contributed by atoms with Crippen LogP contribution in [0.5, 0.6) is 5.06 Å². The molecule has 0 saturated heterocycles. The molecule has 4 N–H and O–H groups in total. The summed E-state index contributed by atoms with van der Waals surface area (Å²) >= 11 is 1.99. The van der Waals surface area contributed by atoms with Crippen LogP contribution in [0.4, 0.5) is 19.5 Å². The first kappa shape index (κ1) is 21.6. The van der Waals surface area contributed by atoms with Crippen molar-refractivity contribution in [1.82, 2.24) is 14.7 Å². The van der Waals surface area contributed by atoms with Crippen molar-refractivity contribution in [3.63, 3.8) is 0 Å². The lowest BCUT2D eigenvalue weighted by atomic mass is 9.93. The van der Waals surface area contributed by atoms with Gasteiger partial charge in [0.05, 0.1) is 17.9 Å². The Balaban J connectivity index is 1.48. The maximum atomic E-state index is 14.1. The molecule has 0 spiro atoms. The van der Waals surface area contributed by atoms with Crippen LogP contribution in [0.1, 0.15) is 36.2 Å². The van der Waals surface area contributed by atoms with Gasteiger partial charge in [0.1, 0.15) is 27.3 Å². The molecule has 1 amide bonds. The van der Waals surface area contributed by atoms with Crippen LogP contribution in [0.15, 0.2) is 24.4 Å². The number of halogens is 2. The van der Waals surface area contributed by atoms with E-state index in [9.17, 15) is 13.6 Å². The molecule has 2 heterocycles. The Kier molecular flexibility index (Phi) is 6.44. The first-order valence-corrected chi connectivity index (χ1v) is 11.4. The second kappa shape index (κ2) is 9.25. The molecular formula is C20H21F2N5O2S2. The van der Waals surface area contributed by atoms with Crippen LogP contribution in [-0.4, -0.2) is 34.5 Å². The Morgan fingerprint density at radius 2 is 1.94 bits per heavy atom. The van der Waals surface area contributed by atoms with Gasteiger partial charge < -0.3 is 21.1 Å². The summed E-state index contributed by atoms with van der Waals surface area (Å²) in [6.45, 7) is 0. The number of carbonyl (C=O) groups is 1. The summed E-state index contributed by atoms with van der Waals surface area (Å²) in [4.78, 5) is 16.8. The Labute approximate surface area is 185 Å². The van der Waals surface area contributed by atoms with Crippen molar-refractivity contribution in [3.8, 4) is 15.6 Å². The zero-order chi connectivity index (χ0) is 22.0. The molecule has 11 heteroatoms. The quantitative estimate of drug-likeness (QED) is 0.502. The third kappa shape index (κ3) is 4.68. The molecule has 0 atom stereocenters. The summed E-state index contributed by atoms with van der Waals surface area (Å²) in [6, 6.07) is 4.01. The zero-order valence-electron chi connectivity index (χ0n) is 16.7. The number of nitrogens with two attached hydrogens (primary N) is 1. The molecule has 1 fully saturated rings. The fourth-order valence-corrected chi connectivity index (χ4v) is 5.02. The van der Waals surface area contributed by atoms with E-state index in [1.165, 1.54) is 12.3 Å². The van der Waals surface area contributed by atoms with Crippen LogP contribution in [0.3, 0.4) is 0 Å². The number of carbonyl (C=O) groups excluding carboxylic acids is 1. The summed E-state index contributed by atoms with van der Waals surface area (Å²) in [7, 11) is 1.96. The van der Waals surface area contributed by atoms with E-state index in [0.29, 0.717) is 16.8 Å². The Hall–Kier alpha value is -2.63. The fraction of sp³-hybridized carbons (Fsp3) is 0.350. The molecule has 0 radical (unpaired) electrons. The van der Waals surface area contributed by atoms with Crippen molar-refractivity contribution in [2.45, 2.75) is 37.8 Å². The van der Waals surface area contributed by atoms with Gasteiger partial charge in [0.25, 0.3) is 5.91 Å². The van der Waals surface area contributed by atoms with E-state index < -0.39 is 17.5 Å². The van der Waals surface area contributed by atoms with E-state index in [-0.39, 0.29) is 27.4 Å². The molecule has 1 aromatic carbocycles. The number of thiazole rings is 1. The van der Waals surface area contributed by atoms with E-state index >= 15 is 0 Å². The first-order chi connectivity index (χ1) is 15.0. The number of hydrogen-bond donors (Lipinski definition) is 3. The monoisotopic (exact) mass is 465 g/mol. The highest BCUT2D eigenvalue weighted by molar-refractivity contribution is 7.19. The van der Waals surface area contributed by atoms with Crippen LogP contribution < -0.4 is 21.1 Å². The Morgan fingerprint density at radius 3 is 2.61 bits per heavy atom.